The van der Waals surface area contributed by atoms with Crippen LogP contribution in [0.2, 0.25) is 5.02 Å². The van der Waals surface area contributed by atoms with Crippen molar-refractivity contribution in [3.8, 4) is 0 Å². The van der Waals surface area contributed by atoms with Gasteiger partial charge in [0.1, 0.15) is 0 Å². The second-order valence-electron chi connectivity index (χ2n) is 3.31. The van der Waals surface area contributed by atoms with E-state index in [2.05, 4.69) is 0 Å². The molecule has 1 saturated heterocycles. The Hall–Kier alpha value is -0.380. The number of benzene rings is 1. The second-order valence-corrected chi connectivity index (χ2v) is 5.04. The van der Waals surface area contributed by atoms with E-state index in [1.807, 2.05) is 23.9 Å². The lowest BCUT2D eigenvalue weighted by atomic mass is 10.2. The number of halogens is 1. The lowest BCUT2D eigenvalue weighted by molar-refractivity contribution is 0.0455. The fourth-order valence-electron chi connectivity index (χ4n) is 1.22. The third kappa shape index (κ3) is 2.35. The molecule has 0 saturated carbocycles. The Balaban J connectivity index is 1.94. The molecule has 0 atom stereocenters. The normalized spacial score (nSPS) is 16.6. The molecular formula is C10H12ClNOS. The van der Waals surface area contributed by atoms with E-state index < -0.39 is 0 Å². The van der Waals surface area contributed by atoms with Gasteiger partial charge in [0.2, 0.25) is 0 Å². The Bertz CT molecular complexity index is 328. The molecule has 1 aromatic carbocycles. The van der Waals surface area contributed by atoms with Gasteiger partial charge in [0.05, 0.1) is 18.5 Å². The molecule has 1 aliphatic heterocycles. The van der Waals surface area contributed by atoms with Crippen molar-refractivity contribution in [2.24, 2.45) is 0 Å². The highest BCUT2D eigenvalue weighted by Gasteiger charge is 2.18. The molecule has 0 radical (unpaired) electrons. The van der Waals surface area contributed by atoms with Crippen LogP contribution in [-0.4, -0.2) is 18.5 Å². The van der Waals surface area contributed by atoms with Crippen LogP contribution in [0.25, 0.3) is 0 Å². The van der Waals surface area contributed by atoms with Gasteiger partial charge in [-0.2, -0.15) is 0 Å². The summed E-state index contributed by atoms with van der Waals surface area (Å²) in [6.07, 6.45) is 0. The molecule has 1 aromatic rings. The van der Waals surface area contributed by atoms with Crippen molar-refractivity contribution in [2.45, 2.75) is 11.0 Å². The highest BCUT2D eigenvalue weighted by atomic mass is 35.5. The summed E-state index contributed by atoms with van der Waals surface area (Å²) in [6.45, 7) is 1.75. The Labute approximate surface area is 92.8 Å². The molecule has 1 aliphatic rings. The van der Waals surface area contributed by atoms with E-state index in [0.717, 1.165) is 30.2 Å². The summed E-state index contributed by atoms with van der Waals surface area (Å²) in [5.74, 6) is 0.941. The molecule has 0 bridgehead atoms. The third-order valence-corrected chi connectivity index (χ3v) is 3.65. The number of nitrogens with two attached hydrogens (primary N) is 1. The predicted molar refractivity (Wildman–Crippen MR) is 61.8 cm³/mol. The number of nitrogen functional groups attached to an aromatic ring is 1. The van der Waals surface area contributed by atoms with Crippen LogP contribution in [0.4, 0.5) is 5.69 Å². The number of hydrogen-bond acceptors (Lipinski definition) is 3. The summed E-state index contributed by atoms with van der Waals surface area (Å²) in [5, 5.41) is 1.34. The first kappa shape index (κ1) is 10.1. The standard InChI is InChI=1S/C10H12ClNOS/c11-8-2-1-7(10(12)3-8)6-14-9-4-13-5-9/h1-3,9H,4-6,12H2. The van der Waals surface area contributed by atoms with E-state index >= 15 is 0 Å². The lowest BCUT2D eigenvalue weighted by Gasteiger charge is -2.25. The van der Waals surface area contributed by atoms with Crippen molar-refractivity contribution in [3.05, 3.63) is 28.8 Å². The molecule has 76 valence electrons. The summed E-state index contributed by atoms with van der Waals surface area (Å²) < 4.78 is 5.10. The maximum Gasteiger partial charge on any atom is 0.0608 e. The fourth-order valence-corrected chi connectivity index (χ4v) is 2.46. The molecule has 0 unspecified atom stereocenters. The van der Waals surface area contributed by atoms with E-state index in [-0.39, 0.29) is 0 Å². The Morgan fingerprint density at radius 3 is 2.86 bits per heavy atom. The van der Waals surface area contributed by atoms with Gasteiger partial charge >= 0.3 is 0 Å². The SMILES string of the molecule is Nc1cc(Cl)ccc1CSC1COC1. The molecule has 4 heteroatoms. The Kier molecular flexibility index (Phi) is 3.21. The first-order valence-corrected chi connectivity index (χ1v) is 5.91. The molecular weight excluding hydrogens is 218 g/mol. The van der Waals surface area contributed by atoms with E-state index in [1.54, 1.807) is 6.07 Å². The summed E-state index contributed by atoms with van der Waals surface area (Å²) in [7, 11) is 0. The van der Waals surface area contributed by atoms with Crippen LogP contribution < -0.4 is 5.73 Å². The molecule has 2 nitrogen and oxygen atoms in total. The monoisotopic (exact) mass is 229 g/mol. The highest BCUT2D eigenvalue weighted by Crippen LogP contribution is 2.27. The highest BCUT2D eigenvalue weighted by molar-refractivity contribution is 7.99. The van der Waals surface area contributed by atoms with Gasteiger partial charge in [-0.3, -0.25) is 0 Å². The van der Waals surface area contributed by atoms with Crippen molar-refractivity contribution in [1.82, 2.24) is 0 Å². The molecule has 0 aliphatic carbocycles. The maximum absolute atomic E-state index is 5.84. The van der Waals surface area contributed by atoms with Crippen molar-refractivity contribution in [1.29, 1.82) is 0 Å². The van der Waals surface area contributed by atoms with Crippen molar-refractivity contribution >= 4 is 29.1 Å². The van der Waals surface area contributed by atoms with Gasteiger partial charge in [-0.15, -0.1) is 11.8 Å². The average molecular weight is 230 g/mol. The van der Waals surface area contributed by atoms with Crippen molar-refractivity contribution in [2.75, 3.05) is 18.9 Å². The van der Waals surface area contributed by atoms with Gasteiger partial charge < -0.3 is 10.5 Å². The van der Waals surface area contributed by atoms with Crippen molar-refractivity contribution < 1.29 is 4.74 Å². The smallest absolute Gasteiger partial charge is 0.0608 e. The van der Waals surface area contributed by atoms with Gasteiger partial charge in [-0.1, -0.05) is 17.7 Å². The van der Waals surface area contributed by atoms with E-state index in [0.29, 0.717) is 10.3 Å². The summed E-state index contributed by atoms with van der Waals surface area (Å²) >= 11 is 7.70. The van der Waals surface area contributed by atoms with Gasteiger partial charge in [0, 0.05) is 16.5 Å². The van der Waals surface area contributed by atoms with Crippen LogP contribution in [0.5, 0.6) is 0 Å². The van der Waals surface area contributed by atoms with Crippen LogP contribution in [0, 0.1) is 0 Å². The quantitative estimate of drug-likeness (QED) is 0.810. The molecule has 14 heavy (non-hydrogen) atoms. The van der Waals surface area contributed by atoms with E-state index in [9.17, 15) is 0 Å². The topological polar surface area (TPSA) is 35.2 Å². The first-order valence-electron chi connectivity index (χ1n) is 4.49. The predicted octanol–water partition coefficient (Wildman–Crippen LogP) is 2.55. The summed E-state index contributed by atoms with van der Waals surface area (Å²) in [6, 6.07) is 5.67. The third-order valence-electron chi connectivity index (χ3n) is 2.19. The largest absolute Gasteiger partial charge is 0.398 e. The molecule has 0 aromatic heterocycles. The number of hydrogen-bond donors (Lipinski definition) is 1. The maximum atomic E-state index is 5.84. The zero-order valence-corrected chi connectivity index (χ0v) is 9.27. The molecule has 1 fully saturated rings. The van der Waals surface area contributed by atoms with Gasteiger partial charge in [0.25, 0.3) is 0 Å². The summed E-state index contributed by atoms with van der Waals surface area (Å²) in [5.41, 5.74) is 7.78. The Morgan fingerprint density at radius 1 is 1.50 bits per heavy atom. The number of ether oxygens (including phenoxy) is 1. The molecule has 0 spiro atoms. The van der Waals surface area contributed by atoms with Gasteiger partial charge in [0.15, 0.2) is 0 Å². The molecule has 1 heterocycles. The zero-order chi connectivity index (χ0) is 9.97. The summed E-state index contributed by atoms with van der Waals surface area (Å²) in [4.78, 5) is 0. The van der Waals surface area contributed by atoms with Gasteiger partial charge in [-0.05, 0) is 17.7 Å². The average Bonchev–Trinajstić information content (AvgIpc) is 2.05. The number of anilines is 1. The van der Waals surface area contributed by atoms with Crippen LogP contribution in [0.1, 0.15) is 5.56 Å². The van der Waals surface area contributed by atoms with E-state index in [4.69, 9.17) is 22.1 Å². The van der Waals surface area contributed by atoms with Crippen LogP contribution in [0.15, 0.2) is 18.2 Å². The van der Waals surface area contributed by atoms with Crippen LogP contribution in [-0.2, 0) is 10.5 Å². The zero-order valence-electron chi connectivity index (χ0n) is 7.70. The minimum atomic E-state index is 0.644. The number of thioether (sulfide) groups is 1. The molecule has 0 amide bonds. The Morgan fingerprint density at radius 2 is 2.29 bits per heavy atom. The van der Waals surface area contributed by atoms with Gasteiger partial charge in [-0.25, -0.2) is 0 Å². The van der Waals surface area contributed by atoms with Crippen LogP contribution >= 0.6 is 23.4 Å². The van der Waals surface area contributed by atoms with Crippen molar-refractivity contribution in [3.63, 3.8) is 0 Å². The molecule has 2 rings (SSSR count). The lowest BCUT2D eigenvalue weighted by Crippen LogP contribution is -2.30. The van der Waals surface area contributed by atoms with Crippen LogP contribution in [0.3, 0.4) is 0 Å². The first-order chi connectivity index (χ1) is 6.75. The number of rotatable bonds is 3. The second kappa shape index (κ2) is 4.43. The minimum absolute atomic E-state index is 0.644. The van der Waals surface area contributed by atoms with E-state index in [1.165, 1.54) is 0 Å². The minimum Gasteiger partial charge on any atom is -0.398 e. The molecule has 2 N–H and O–H groups in total. The fraction of sp³-hybridized carbons (Fsp3) is 0.400.